The van der Waals surface area contributed by atoms with Gasteiger partial charge in [-0.05, 0) is 63.4 Å². The van der Waals surface area contributed by atoms with Crippen LogP contribution in [0.3, 0.4) is 0 Å². The standard InChI is InChI=1S/C22H33F3N4O/c1-27-10-6-17(7-11-27)15-28(2)21(30)26-20-8-12-29(13-9-20)16-18-4-3-5-19(14-18)22(23,24)25/h3-5,14,17,20H,6-13,15-16H2,1-2H3,(H,26,30). The average molecular weight is 427 g/mol. The van der Waals surface area contributed by atoms with E-state index in [0.29, 0.717) is 18.0 Å². The Morgan fingerprint density at radius 2 is 1.80 bits per heavy atom. The van der Waals surface area contributed by atoms with Crippen LogP contribution < -0.4 is 5.32 Å². The molecule has 0 radical (unpaired) electrons. The minimum Gasteiger partial charge on any atom is -0.335 e. The van der Waals surface area contributed by atoms with Crippen LogP contribution in [0, 0.1) is 5.92 Å². The molecular weight excluding hydrogens is 393 g/mol. The van der Waals surface area contributed by atoms with Gasteiger partial charge in [-0.25, -0.2) is 4.79 Å². The number of benzene rings is 1. The smallest absolute Gasteiger partial charge is 0.335 e. The van der Waals surface area contributed by atoms with Gasteiger partial charge in [0.15, 0.2) is 0 Å². The van der Waals surface area contributed by atoms with Crippen LogP contribution in [0.5, 0.6) is 0 Å². The predicted molar refractivity (Wildman–Crippen MR) is 111 cm³/mol. The molecule has 2 amide bonds. The van der Waals surface area contributed by atoms with Crippen molar-refractivity contribution < 1.29 is 18.0 Å². The molecule has 0 aliphatic carbocycles. The van der Waals surface area contributed by atoms with Crippen LogP contribution in [0.1, 0.15) is 36.8 Å². The Bertz CT molecular complexity index is 696. The van der Waals surface area contributed by atoms with Crippen molar-refractivity contribution in [3.63, 3.8) is 0 Å². The van der Waals surface area contributed by atoms with Gasteiger partial charge in [-0.1, -0.05) is 18.2 Å². The van der Waals surface area contributed by atoms with Crippen molar-refractivity contribution in [3.8, 4) is 0 Å². The highest BCUT2D eigenvalue weighted by molar-refractivity contribution is 5.74. The summed E-state index contributed by atoms with van der Waals surface area (Å²) >= 11 is 0. The Kier molecular flexibility index (Phi) is 7.63. The SMILES string of the molecule is CN1CCC(CN(C)C(=O)NC2CCN(Cc3cccc(C(F)(F)F)c3)CC2)CC1. The number of nitrogens with zero attached hydrogens (tertiary/aromatic N) is 3. The van der Waals surface area contributed by atoms with Gasteiger partial charge in [0.2, 0.25) is 0 Å². The maximum absolute atomic E-state index is 12.9. The zero-order valence-corrected chi connectivity index (χ0v) is 17.9. The highest BCUT2D eigenvalue weighted by Gasteiger charge is 2.30. The molecule has 0 atom stereocenters. The van der Waals surface area contributed by atoms with Crippen LogP contribution in [0.4, 0.5) is 18.0 Å². The van der Waals surface area contributed by atoms with E-state index in [2.05, 4.69) is 22.2 Å². The van der Waals surface area contributed by atoms with Gasteiger partial charge in [0, 0.05) is 39.3 Å². The summed E-state index contributed by atoms with van der Waals surface area (Å²) in [5.41, 5.74) is 0.0694. The number of hydrogen-bond acceptors (Lipinski definition) is 3. The number of carbonyl (C=O) groups is 1. The fourth-order valence-electron chi connectivity index (χ4n) is 4.34. The molecule has 0 aromatic heterocycles. The van der Waals surface area contributed by atoms with E-state index in [4.69, 9.17) is 0 Å². The number of urea groups is 1. The lowest BCUT2D eigenvalue weighted by atomic mass is 9.97. The van der Waals surface area contributed by atoms with E-state index in [9.17, 15) is 18.0 Å². The van der Waals surface area contributed by atoms with Crippen LogP contribution in [0.25, 0.3) is 0 Å². The number of carbonyl (C=O) groups excluding carboxylic acids is 1. The van der Waals surface area contributed by atoms with Gasteiger partial charge in [-0.3, -0.25) is 4.90 Å². The fraction of sp³-hybridized carbons (Fsp3) is 0.682. The second-order valence-electron chi connectivity index (χ2n) is 8.83. The van der Waals surface area contributed by atoms with Crippen molar-refractivity contribution >= 4 is 6.03 Å². The monoisotopic (exact) mass is 426 g/mol. The Morgan fingerprint density at radius 3 is 2.43 bits per heavy atom. The van der Waals surface area contributed by atoms with E-state index in [1.54, 1.807) is 11.0 Å². The summed E-state index contributed by atoms with van der Waals surface area (Å²) in [5.74, 6) is 0.561. The lowest BCUT2D eigenvalue weighted by Gasteiger charge is -2.35. The molecule has 8 heteroatoms. The Labute approximate surface area is 177 Å². The first kappa shape index (κ1) is 22.9. The molecule has 0 saturated carbocycles. The van der Waals surface area contributed by atoms with Crippen molar-refractivity contribution in [3.05, 3.63) is 35.4 Å². The molecule has 30 heavy (non-hydrogen) atoms. The molecule has 1 aromatic carbocycles. The fourth-order valence-corrected chi connectivity index (χ4v) is 4.34. The van der Waals surface area contributed by atoms with Crippen molar-refractivity contribution in [2.75, 3.05) is 46.8 Å². The van der Waals surface area contributed by atoms with Gasteiger partial charge < -0.3 is 15.1 Å². The zero-order chi connectivity index (χ0) is 21.7. The third kappa shape index (κ3) is 6.60. The first-order valence-electron chi connectivity index (χ1n) is 10.8. The molecule has 2 heterocycles. The summed E-state index contributed by atoms with van der Waals surface area (Å²) in [4.78, 5) is 18.8. The number of alkyl halides is 3. The molecule has 2 saturated heterocycles. The van der Waals surface area contributed by atoms with Crippen LogP contribution in [-0.2, 0) is 12.7 Å². The number of halogens is 3. The van der Waals surface area contributed by atoms with E-state index in [1.165, 1.54) is 12.1 Å². The van der Waals surface area contributed by atoms with Gasteiger partial charge in [-0.15, -0.1) is 0 Å². The minimum atomic E-state index is -4.31. The molecule has 0 bridgehead atoms. The molecule has 2 fully saturated rings. The van der Waals surface area contributed by atoms with Gasteiger partial charge in [0.1, 0.15) is 0 Å². The van der Waals surface area contributed by atoms with Crippen LogP contribution in [0.2, 0.25) is 0 Å². The number of piperidine rings is 2. The number of amides is 2. The molecule has 5 nitrogen and oxygen atoms in total. The Morgan fingerprint density at radius 1 is 1.13 bits per heavy atom. The normalized spacial score (nSPS) is 20.3. The maximum atomic E-state index is 12.9. The van der Waals surface area contributed by atoms with Crippen LogP contribution >= 0.6 is 0 Å². The summed E-state index contributed by atoms with van der Waals surface area (Å²) in [5, 5.41) is 3.13. The quantitative estimate of drug-likeness (QED) is 0.781. The summed E-state index contributed by atoms with van der Waals surface area (Å²) in [7, 11) is 3.99. The largest absolute Gasteiger partial charge is 0.416 e. The maximum Gasteiger partial charge on any atom is 0.416 e. The summed E-state index contributed by atoms with van der Waals surface area (Å²) in [6, 6.07) is 5.63. The van der Waals surface area contributed by atoms with Gasteiger partial charge in [0.05, 0.1) is 5.56 Å². The highest BCUT2D eigenvalue weighted by Crippen LogP contribution is 2.30. The highest BCUT2D eigenvalue weighted by atomic mass is 19.4. The number of nitrogens with one attached hydrogen (secondary N) is 1. The number of rotatable bonds is 5. The third-order valence-electron chi connectivity index (χ3n) is 6.29. The molecule has 2 aliphatic rings. The molecule has 1 aromatic rings. The lowest BCUT2D eigenvalue weighted by molar-refractivity contribution is -0.137. The molecule has 1 N–H and O–H groups in total. The second-order valence-corrected chi connectivity index (χ2v) is 8.83. The first-order chi connectivity index (χ1) is 14.2. The molecule has 168 valence electrons. The van der Waals surface area contributed by atoms with E-state index in [-0.39, 0.29) is 12.1 Å². The van der Waals surface area contributed by atoms with Crippen molar-refractivity contribution in [2.24, 2.45) is 5.92 Å². The van der Waals surface area contributed by atoms with Gasteiger partial charge >= 0.3 is 12.2 Å². The van der Waals surface area contributed by atoms with E-state index in [0.717, 1.165) is 64.5 Å². The molecule has 3 rings (SSSR count). The summed E-state index contributed by atoms with van der Waals surface area (Å²) < 4.78 is 38.7. The van der Waals surface area contributed by atoms with Crippen molar-refractivity contribution in [1.29, 1.82) is 0 Å². The molecule has 0 spiro atoms. The molecule has 0 unspecified atom stereocenters. The van der Waals surface area contributed by atoms with E-state index in [1.807, 2.05) is 7.05 Å². The number of hydrogen-bond donors (Lipinski definition) is 1. The van der Waals surface area contributed by atoms with E-state index >= 15 is 0 Å². The topological polar surface area (TPSA) is 38.8 Å². The minimum absolute atomic E-state index is 0.0229. The Balaban J connectivity index is 1.40. The summed E-state index contributed by atoms with van der Waals surface area (Å²) in [6.45, 7) is 4.99. The molecular formula is C22H33F3N4O. The van der Waals surface area contributed by atoms with Crippen molar-refractivity contribution in [2.45, 2.75) is 44.4 Å². The zero-order valence-electron chi connectivity index (χ0n) is 17.9. The van der Waals surface area contributed by atoms with Gasteiger partial charge in [0.25, 0.3) is 0 Å². The average Bonchev–Trinajstić information content (AvgIpc) is 2.71. The molecule has 2 aliphatic heterocycles. The predicted octanol–water partition coefficient (Wildman–Crippen LogP) is 3.65. The second kappa shape index (κ2) is 10.0. The third-order valence-corrected chi connectivity index (χ3v) is 6.29. The van der Waals surface area contributed by atoms with E-state index < -0.39 is 11.7 Å². The summed E-state index contributed by atoms with van der Waals surface area (Å²) in [6.07, 6.45) is -0.434. The number of likely N-dealkylation sites (tertiary alicyclic amines) is 2. The van der Waals surface area contributed by atoms with Crippen molar-refractivity contribution in [1.82, 2.24) is 20.0 Å². The van der Waals surface area contributed by atoms with Crippen LogP contribution in [-0.4, -0.2) is 73.6 Å². The first-order valence-corrected chi connectivity index (χ1v) is 10.8. The lowest BCUT2D eigenvalue weighted by Crippen LogP contribution is -2.49. The Hall–Kier alpha value is -1.80. The van der Waals surface area contributed by atoms with Gasteiger partial charge in [-0.2, -0.15) is 13.2 Å². The van der Waals surface area contributed by atoms with Crippen LogP contribution in [0.15, 0.2) is 24.3 Å².